The van der Waals surface area contributed by atoms with Crippen LogP contribution in [0.3, 0.4) is 0 Å². The van der Waals surface area contributed by atoms with Crippen molar-refractivity contribution in [1.82, 2.24) is 25.9 Å². The van der Waals surface area contributed by atoms with Gasteiger partial charge in [-0.25, -0.2) is 9.78 Å². The minimum atomic E-state index is -1.24. The molecule has 0 radical (unpaired) electrons. The van der Waals surface area contributed by atoms with E-state index in [4.69, 9.17) is 17.2 Å². The molecule has 4 unspecified atom stereocenters. The summed E-state index contributed by atoms with van der Waals surface area (Å²) in [6, 6.07) is -4.24. The van der Waals surface area contributed by atoms with Crippen LogP contribution in [0.1, 0.15) is 25.0 Å². The van der Waals surface area contributed by atoms with Crippen molar-refractivity contribution < 1.29 is 24.3 Å². The maximum absolute atomic E-state index is 13.1. The number of aromatic amines is 1. The van der Waals surface area contributed by atoms with Gasteiger partial charge in [-0.2, -0.15) is 24.4 Å². The zero-order valence-corrected chi connectivity index (χ0v) is 21.7. The summed E-state index contributed by atoms with van der Waals surface area (Å²) in [6.45, 7) is 0.227. The average Bonchev–Trinajstić information content (AvgIpc) is 3.35. The number of carbonyl (C=O) groups is 4. The predicted octanol–water partition coefficient (Wildman–Crippen LogP) is -2.44. The first kappa shape index (κ1) is 31.1. The number of carboxylic acid groups (broad SMARTS) is 1. The smallest absolute Gasteiger partial charge is 0.326 e. The maximum Gasteiger partial charge on any atom is 0.326 e. The number of amides is 3. The summed E-state index contributed by atoms with van der Waals surface area (Å²) in [5, 5.41) is 17.2. The van der Waals surface area contributed by atoms with E-state index in [1.165, 1.54) is 24.3 Å². The number of aliphatic imine (C=N–C) groups is 1. The Kier molecular flexibility index (Phi) is 14.4. The molecule has 14 nitrogen and oxygen atoms in total. The Balaban J connectivity index is 2.96. The molecule has 0 saturated heterocycles. The van der Waals surface area contributed by atoms with Gasteiger partial charge in [-0.05, 0) is 31.3 Å². The molecule has 16 heteroatoms. The van der Waals surface area contributed by atoms with Crippen LogP contribution in [0.5, 0.6) is 0 Å². The molecular weight excluding hydrogens is 510 g/mol. The van der Waals surface area contributed by atoms with E-state index in [1.807, 2.05) is 6.26 Å². The zero-order valence-electron chi connectivity index (χ0n) is 20.0. The van der Waals surface area contributed by atoms with Gasteiger partial charge in [0.2, 0.25) is 17.7 Å². The number of imidazole rings is 1. The van der Waals surface area contributed by atoms with E-state index >= 15 is 0 Å². The van der Waals surface area contributed by atoms with E-state index in [-0.39, 0.29) is 37.5 Å². The second-order valence-corrected chi connectivity index (χ2v) is 9.17. The number of aromatic nitrogens is 2. The minimum Gasteiger partial charge on any atom is -0.480 e. The number of thioether (sulfide) groups is 1. The van der Waals surface area contributed by atoms with Crippen LogP contribution in [0.15, 0.2) is 17.5 Å². The maximum atomic E-state index is 13.1. The molecule has 0 bridgehead atoms. The summed E-state index contributed by atoms with van der Waals surface area (Å²) in [5.74, 6) is -2.62. The fourth-order valence-electron chi connectivity index (χ4n) is 3.00. The van der Waals surface area contributed by atoms with Gasteiger partial charge in [0.1, 0.15) is 18.1 Å². The lowest BCUT2D eigenvalue weighted by molar-refractivity contribution is -0.142. The normalized spacial score (nSPS) is 14.1. The van der Waals surface area contributed by atoms with Crippen molar-refractivity contribution >= 4 is 54.0 Å². The summed E-state index contributed by atoms with van der Waals surface area (Å²) >= 11 is 5.45. The third kappa shape index (κ3) is 11.6. The molecule has 36 heavy (non-hydrogen) atoms. The van der Waals surface area contributed by atoms with Crippen LogP contribution in [0, 0.1) is 0 Å². The molecule has 0 spiro atoms. The highest BCUT2D eigenvalue weighted by molar-refractivity contribution is 7.98. The SMILES string of the molecule is CSCCC(NC(=O)C(CCCN=C(N)N)NC(=O)C(N)CS)C(=O)NC(Cc1cnc[nH]1)C(=O)O. The van der Waals surface area contributed by atoms with Crippen molar-refractivity contribution in [2.75, 3.05) is 24.3 Å². The van der Waals surface area contributed by atoms with E-state index in [2.05, 4.69) is 43.5 Å². The Hall–Kier alpha value is -2.98. The van der Waals surface area contributed by atoms with Gasteiger partial charge in [0.05, 0.1) is 12.4 Å². The highest BCUT2D eigenvalue weighted by atomic mass is 32.2. The topological polar surface area (TPSA) is 244 Å². The summed E-state index contributed by atoms with van der Waals surface area (Å²) in [5.41, 5.74) is 16.9. The molecule has 0 aliphatic carbocycles. The molecule has 4 atom stereocenters. The second-order valence-electron chi connectivity index (χ2n) is 7.82. The van der Waals surface area contributed by atoms with Gasteiger partial charge in [0.15, 0.2) is 5.96 Å². The average molecular weight is 546 g/mol. The summed E-state index contributed by atoms with van der Waals surface area (Å²) in [7, 11) is 0. The molecule has 1 heterocycles. The van der Waals surface area contributed by atoms with Crippen molar-refractivity contribution in [3.05, 3.63) is 18.2 Å². The lowest BCUT2D eigenvalue weighted by Gasteiger charge is -2.25. The largest absolute Gasteiger partial charge is 0.480 e. The number of rotatable bonds is 17. The molecule has 1 aromatic rings. The van der Waals surface area contributed by atoms with Gasteiger partial charge in [0, 0.05) is 30.6 Å². The van der Waals surface area contributed by atoms with E-state index in [0.717, 1.165) is 0 Å². The van der Waals surface area contributed by atoms with E-state index in [0.29, 0.717) is 17.9 Å². The van der Waals surface area contributed by atoms with Crippen LogP contribution in [0.4, 0.5) is 0 Å². The molecule has 1 rings (SSSR count). The van der Waals surface area contributed by atoms with Crippen LogP contribution in [-0.2, 0) is 25.6 Å². The number of hydrogen-bond acceptors (Lipinski definition) is 9. The van der Waals surface area contributed by atoms with Gasteiger partial charge >= 0.3 is 5.97 Å². The van der Waals surface area contributed by atoms with Crippen molar-refractivity contribution in [3.63, 3.8) is 0 Å². The predicted molar refractivity (Wildman–Crippen MR) is 140 cm³/mol. The Morgan fingerprint density at radius 2 is 1.72 bits per heavy atom. The first-order valence-corrected chi connectivity index (χ1v) is 13.1. The van der Waals surface area contributed by atoms with Gasteiger partial charge < -0.3 is 43.2 Å². The van der Waals surface area contributed by atoms with Crippen LogP contribution < -0.4 is 33.2 Å². The fraction of sp³-hybridized carbons (Fsp3) is 0.600. The van der Waals surface area contributed by atoms with Crippen molar-refractivity contribution in [2.24, 2.45) is 22.2 Å². The van der Waals surface area contributed by atoms with Gasteiger partial charge in [-0.1, -0.05) is 0 Å². The van der Waals surface area contributed by atoms with Crippen molar-refractivity contribution in [1.29, 1.82) is 0 Å². The number of nitrogens with one attached hydrogen (secondary N) is 4. The quantitative estimate of drug-likeness (QED) is 0.0433. The summed E-state index contributed by atoms with van der Waals surface area (Å²) in [6.07, 6.45) is 5.44. The molecule has 0 aliphatic heterocycles. The van der Waals surface area contributed by atoms with Crippen LogP contribution >= 0.6 is 24.4 Å². The number of thiol groups is 1. The highest BCUT2D eigenvalue weighted by Crippen LogP contribution is 2.07. The third-order valence-corrected chi connectivity index (χ3v) is 5.99. The highest BCUT2D eigenvalue weighted by Gasteiger charge is 2.30. The summed E-state index contributed by atoms with van der Waals surface area (Å²) in [4.78, 5) is 60.6. The molecule has 3 amide bonds. The van der Waals surface area contributed by atoms with Crippen LogP contribution in [-0.4, -0.2) is 93.2 Å². The van der Waals surface area contributed by atoms with Crippen molar-refractivity contribution in [3.8, 4) is 0 Å². The van der Waals surface area contributed by atoms with Crippen LogP contribution in [0.25, 0.3) is 0 Å². The number of H-pyrrole nitrogens is 1. The Bertz CT molecular complexity index is 881. The molecule has 0 fully saturated rings. The summed E-state index contributed by atoms with van der Waals surface area (Å²) < 4.78 is 0. The monoisotopic (exact) mass is 545 g/mol. The first-order valence-electron chi connectivity index (χ1n) is 11.1. The fourth-order valence-corrected chi connectivity index (χ4v) is 3.64. The number of carbonyl (C=O) groups excluding carboxylic acids is 3. The Labute approximate surface area is 218 Å². The van der Waals surface area contributed by atoms with Crippen LogP contribution in [0.2, 0.25) is 0 Å². The minimum absolute atomic E-state index is 0.0185. The van der Waals surface area contributed by atoms with E-state index in [9.17, 15) is 24.3 Å². The molecule has 202 valence electrons. The zero-order chi connectivity index (χ0) is 27.1. The van der Waals surface area contributed by atoms with Gasteiger partial charge in [-0.15, -0.1) is 0 Å². The molecule has 0 aromatic carbocycles. The number of guanidine groups is 1. The number of aliphatic carboxylic acids is 1. The Morgan fingerprint density at radius 1 is 1.11 bits per heavy atom. The molecular formula is C20H35N9O5S2. The standard InChI is InChI=1S/C20H35N9O5S2/c1-36-6-4-14(18(32)29-15(19(33)34)7-11-8-24-10-26-11)28-17(31)13(3-2-5-25-20(22)23)27-16(30)12(21)9-35/h8,10,12-15,35H,2-7,9,21H2,1H3,(H,24,26)(H,27,30)(H,28,31)(H,29,32)(H,33,34)(H4,22,23,25). The molecule has 0 saturated carbocycles. The molecule has 0 aliphatic rings. The number of nitrogens with zero attached hydrogens (tertiary/aromatic N) is 2. The third-order valence-electron chi connectivity index (χ3n) is 4.95. The van der Waals surface area contributed by atoms with Crippen molar-refractivity contribution in [2.45, 2.75) is 49.9 Å². The number of hydrogen-bond donors (Lipinski definition) is 9. The lowest BCUT2D eigenvalue weighted by atomic mass is 10.1. The van der Waals surface area contributed by atoms with Gasteiger partial charge in [-0.3, -0.25) is 19.4 Å². The van der Waals surface area contributed by atoms with E-state index in [1.54, 1.807) is 0 Å². The molecule has 1 aromatic heterocycles. The van der Waals surface area contributed by atoms with E-state index < -0.39 is 47.9 Å². The number of carboxylic acids is 1. The Morgan fingerprint density at radius 3 is 2.25 bits per heavy atom. The second kappa shape index (κ2) is 16.6. The first-order chi connectivity index (χ1) is 17.1. The molecule has 11 N–H and O–H groups in total. The lowest BCUT2D eigenvalue weighted by Crippen LogP contribution is -2.57. The van der Waals surface area contributed by atoms with Gasteiger partial charge in [0.25, 0.3) is 0 Å². The number of nitrogens with two attached hydrogens (primary N) is 3.